The van der Waals surface area contributed by atoms with Gasteiger partial charge in [0.2, 0.25) is 5.91 Å². The van der Waals surface area contributed by atoms with Gasteiger partial charge in [-0.2, -0.15) is 0 Å². The lowest BCUT2D eigenvalue weighted by Crippen LogP contribution is -2.53. The number of halogens is 2. The van der Waals surface area contributed by atoms with Gasteiger partial charge in [-0.05, 0) is 33.1 Å². The van der Waals surface area contributed by atoms with Gasteiger partial charge in [0.05, 0.1) is 6.54 Å². The van der Waals surface area contributed by atoms with E-state index in [0.717, 1.165) is 39.0 Å². The summed E-state index contributed by atoms with van der Waals surface area (Å²) in [7, 11) is 0. The Balaban J connectivity index is 0.00000162. The fourth-order valence-electron chi connectivity index (χ4n) is 3.06. The molecule has 2 fully saturated rings. The highest BCUT2D eigenvalue weighted by atomic mass is 35.5. The second-order valence-electron chi connectivity index (χ2n) is 5.46. The molecule has 0 spiro atoms. The number of carbonyl (C=O) groups excluding carboxylic acids is 1. The third-order valence-electron chi connectivity index (χ3n) is 4.05. The van der Waals surface area contributed by atoms with Crippen LogP contribution in [0.15, 0.2) is 0 Å². The molecule has 2 aliphatic rings. The molecule has 114 valence electrons. The van der Waals surface area contributed by atoms with Crippen LogP contribution >= 0.6 is 24.8 Å². The van der Waals surface area contributed by atoms with Gasteiger partial charge in [0.15, 0.2) is 0 Å². The van der Waals surface area contributed by atoms with Crippen LogP contribution in [0.4, 0.5) is 0 Å². The molecular formula is C13H27Cl2N3O. The summed E-state index contributed by atoms with van der Waals surface area (Å²) < 4.78 is 0. The van der Waals surface area contributed by atoms with Crippen LogP contribution in [0.25, 0.3) is 0 Å². The van der Waals surface area contributed by atoms with Crippen LogP contribution in [0.3, 0.4) is 0 Å². The van der Waals surface area contributed by atoms with E-state index in [2.05, 4.69) is 29.0 Å². The van der Waals surface area contributed by atoms with E-state index in [4.69, 9.17) is 0 Å². The van der Waals surface area contributed by atoms with E-state index in [1.165, 1.54) is 6.42 Å². The van der Waals surface area contributed by atoms with Crippen LogP contribution in [0.1, 0.15) is 33.1 Å². The number of hydrogen-bond acceptors (Lipinski definition) is 3. The SMILES string of the molecule is CC1CCCC(C)N1C(=O)CN1CCNCC1.Cl.Cl. The molecule has 0 aliphatic carbocycles. The Labute approximate surface area is 129 Å². The molecule has 0 aromatic carbocycles. The van der Waals surface area contributed by atoms with Crippen molar-refractivity contribution in [1.82, 2.24) is 15.1 Å². The van der Waals surface area contributed by atoms with Crippen LogP contribution in [0, 0.1) is 0 Å². The minimum atomic E-state index is 0. The summed E-state index contributed by atoms with van der Waals surface area (Å²) in [6, 6.07) is 0.850. The van der Waals surface area contributed by atoms with Gasteiger partial charge in [-0.1, -0.05) is 0 Å². The lowest BCUT2D eigenvalue weighted by Gasteiger charge is -2.40. The number of piperazine rings is 1. The van der Waals surface area contributed by atoms with Gasteiger partial charge in [-0.3, -0.25) is 9.69 Å². The highest BCUT2D eigenvalue weighted by Crippen LogP contribution is 2.22. The van der Waals surface area contributed by atoms with Crippen molar-refractivity contribution in [1.29, 1.82) is 0 Å². The summed E-state index contributed by atoms with van der Waals surface area (Å²) >= 11 is 0. The average molecular weight is 312 g/mol. The second-order valence-corrected chi connectivity index (χ2v) is 5.46. The third-order valence-corrected chi connectivity index (χ3v) is 4.05. The summed E-state index contributed by atoms with van der Waals surface area (Å²) in [5.41, 5.74) is 0. The maximum absolute atomic E-state index is 12.4. The predicted octanol–water partition coefficient (Wildman–Crippen LogP) is 1.52. The average Bonchev–Trinajstić information content (AvgIpc) is 2.30. The number of nitrogens with zero attached hydrogens (tertiary/aromatic N) is 2. The molecule has 2 aliphatic heterocycles. The van der Waals surface area contributed by atoms with E-state index in [1.54, 1.807) is 0 Å². The van der Waals surface area contributed by atoms with Crippen molar-refractivity contribution in [2.45, 2.75) is 45.2 Å². The van der Waals surface area contributed by atoms with Crippen LogP contribution < -0.4 is 5.32 Å². The van der Waals surface area contributed by atoms with Crippen LogP contribution in [-0.4, -0.2) is 60.5 Å². The number of hydrogen-bond donors (Lipinski definition) is 1. The first kappa shape index (κ1) is 19.0. The zero-order chi connectivity index (χ0) is 12.3. The van der Waals surface area contributed by atoms with Crippen molar-refractivity contribution in [3.8, 4) is 0 Å². The van der Waals surface area contributed by atoms with E-state index in [1.807, 2.05) is 0 Å². The summed E-state index contributed by atoms with van der Waals surface area (Å²) in [5.74, 6) is 0.326. The Hall–Kier alpha value is -0.0300. The zero-order valence-corrected chi connectivity index (χ0v) is 13.6. The standard InChI is InChI=1S/C13H25N3O.2ClH/c1-11-4-3-5-12(2)16(11)13(17)10-15-8-6-14-7-9-15;;/h11-12,14H,3-10H2,1-2H3;2*1H. The van der Waals surface area contributed by atoms with E-state index in [9.17, 15) is 4.79 Å². The van der Waals surface area contributed by atoms with Crippen molar-refractivity contribution >= 4 is 30.7 Å². The number of amides is 1. The van der Waals surface area contributed by atoms with Crippen LogP contribution in [0.5, 0.6) is 0 Å². The van der Waals surface area contributed by atoms with E-state index >= 15 is 0 Å². The Morgan fingerprint density at radius 1 is 1.11 bits per heavy atom. The molecule has 2 heterocycles. The maximum Gasteiger partial charge on any atom is 0.237 e. The van der Waals surface area contributed by atoms with E-state index in [0.29, 0.717) is 24.5 Å². The smallest absolute Gasteiger partial charge is 0.237 e. The zero-order valence-electron chi connectivity index (χ0n) is 11.9. The molecular weight excluding hydrogens is 285 g/mol. The molecule has 0 aromatic rings. The normalized spacial score (nSPS) is 28.2. The summed E-state index contributed by atoms with van der Waals surface area (Å²) in [5, 5.41) is 3.32. The molecule has 19 heavy (non-hydrogen) atoms. The molecule has 2 rings (SSSR count). The molecule has 1 amide bonds. The number of nitrogens with one attached hydrogen (secondary N) is 1. The Morgan fingerprint density at radius 2 is 1.63 bits per heavy atom. The summed E-state index contributed by atoms with van der Waals surface area (Å²) in [6.45, 7) is 9.01. The largest absolute Gasteiger partial charge is 0.336 e. The fourth-order valence-corrected chi connectivity index (χ4v) is 3.06. The minimum Gasteiger partial charge on any atom is -0.336 e. The molecule has 0 saturated carbocycles. The van der Waals surface area contributed by atoms with Crippen molar-refractivity contribution in [2.75, 3.05) is 32.7 Å². The first-order chi connectivity index (χ1) is 8.18. The molecule has 0 bridgehead atoms. The maximum atomic E-state index is 12.4. The molecule has 0 aromatic heterocycles. The van der Waals surface area contributed by atoms with Gasteiger partial charge in [0.25, 0.3) is 0 Å². The van der Waals surface area contributed by atoms with Crippen molar-refractivity contribution in [3.05, 3.63) is 0 Å². The van der Waals surface area contributed by atoms with Gasteiger partial charge in [0.1, 0.15) is 0 Å². The molecule has 2 saturated heterocycles. The lowest BCUT2D eigenvalue weighted by atomic mass is 9.97. The molecule has 0 radical (unpaired) electrons. The van der Waals surface area contributed by atoms with Crippen molar-refractivity contribution in [3.63, 3.8) is 0 Å². The monoisotopic (exact) mass is 311 g/mol. The number of rotatable bonds is 2. The highest BCUT2D eigenvalue weighted by molar-refractivity contribution is 5.85. The number of likely N-dealkylation sites (tertiary alicyclic amines) is 1. The molecule has 4 nitrogen and oxygen atoms in total. The fraction of sp³-hybridized carbons (Fsp3) is 0.923. The van der Waals surface area contributed by atoms with E-state index < -0.39 is 0 Å². The molecule has 2 unspecified atom stereocenters. The van der Waals surface area contributed by atoms with Gasteiger partial charge in [-0.25, -0.2) is 0 Å². The van der Waals surface area contributed by atoms with Gasteiger partial charge < -0.3 is 10.2 Å². The Kier molecular flexibility index (Phi) is 8.99. The molecule has 2 atom stereocenters. The molecule has 6 heteroatoms. The third kappa shape index (κ3) is 5.10. The van der Waals surface area contributed by atoms with Gasteiger partial charge in [0, 0.05) is 38.3 Å². The first-order valence-electron chi connectivity index (χ1n) is 6.92. The summed E-state index contributed by atoms with van der Waals surface area (Å²) in [4.78, 5) is 16.7. The Bertz CT molecular complexity index is 263. The van der Waals surface area contributed by atoms with E-state index in [-0.39, 0.29) is 24.8 Å². The van der Waals surface area contributed by atoms with Crippen LogP contribution in [-0.2, 0) is 4.79 Å². The predicted molar refractivity (Wildman–Crippen MR) is 83.4 cm³/mol. The topological polar surface area (TPSA) is 35.6 Å². The minimum absolute atomic E-state index is 0. The van der Waals surface area contributed by atoms with Gasteiger partial charge >= 0.3 is 0 Å². The molecule has 1 N–H and O–H groups in total. The summed E-state index contributed by atoms with van der Waals surface area (Å²) in [6.07, 6.45) is 3.59. The highest BCUT2D eigenvalue weighted by Gasteiger charge is 2.29. The van der Waals surface area contributed by atoms with Crippen molar-refractivity contribution < 1.29 is 4.79 Å². The first-order valence-corrected chi connectivity index (χ1v) is 6.92. The Morgan fingerprint density at radius 3 is 2.16 bits per heavy atom. The van der Waals surface area contributed by atoms with Gasteiger partial charge in [-0.15, -0.1) is 24.8 Å². The van der Waals surface area contributed by atoms with Crippen molar-refractivity contribution in [2.24, 2.45) is 0 Å². The number of carbonyl (C=O) groups is 1. The second kappa shape index (κ2) is 9.01. The lowest BCUT2D eigenvalue weighted by molar-refractivity contribution is -0.138. The number of piperidine rings is 1. The van der Waals surface area contributed by atoms with Crippen LogP contribution in [0.2, 0.25) is 0 Å². The quantitative estimate of drug-likeness (QED) is 0.840.